The third kappa shape index (κ3) is 4.69. The average molecular weight is 658 g/mol. The zero-order valence-corrected chi connectivity index (χ0v) is 25.5. The first-order valence-electron chi connectivity index (χ1n) is 27.8. The molecule has 0 heterocycles. The van der Waals surface area contributed by atoms with Crippen molar-refractivity contribution < 1.29 is 34.3 Å². The molecule has 232 valence electrons. The van der Waals surface area contributed by atoms with Crippen molar-refractivity contribution in [2.45, 2.75) is 0 Å². The Bertz CT molecular complexity index is 4350. The van der Waals surface area contributed by atoms with Crippen LogP contribution in [0.3, 0.4) is 0 Å². The monoisotopic (exact) mass is 657 g/mol. The maximum Gasteiger partial charge on any atom is 0.0636 e. The number of fused-ring (bicyclic) bond motifs is 5. The van der Waals surface area contributed by atoms with Crippen molar-refractivity contribution in [3.63, 3.8) is 0 Å². The van der Waals surface area contributed by atoms with E-state index in [1.54, 1.807) is 42.5 Å². The minimum atomic E-state index is -1.05. The Kier molecular flexibility index (Phi) is 3.03. The summed E-state index contributed by atoms with van der Waals surface area (Å²) < 4.78 is 230. The van der Waals surface area contributed by atoms with Gasteiger partial charge in [0.25, 0.3) is 0 Å². The summed E-state index contributed by atoms with van der Waals surface area (Å²) in [4.78, 5) is 0. The Morgan fingerprint density at radius 1 is 0.280 bits per heavy atom. The molecule has 0 spiro atoms. The van der Waals surface area contributed by atoms with Gasteiger partial charge in [-0.3, -0.25) is 0 Å². The van der Waals surface area contributed by atoms with Crippen LogP contribution < -0.4 is 0 Å². The highest BCUT2D eigenvalue weighted by Crippen LogP contribution is 2.46. The van der Waals surface area contributed by atoms with Gasteiger partial charge < -0.3 is 0 Å². The van der Waals surface area contributed by atoms with Crippen LogP contribution in [-0.4, -0.2) is 0 Å². The maximum atomic E-state index is 10.2. The highest BCUT2D eigenvalue weighted by Gasteiger charge is 2.18. The standard InChI is InChI=1S/C50H32/c1-3-14-36-29-38(25-23-33(36)11-1)39-27-28-47-48(32-39)50(41-18-9-17-40(31-41)44-22-10-16-35-13-5-6-19-43(35)44)46-21-8-7-20-45(46)49(47)42-26-24-34-12-2-4-15-37(34)30-42/h1-32H/i1D,2D,3D,4D,7D,8D,9D,11D,12D,14D,15D,17D,18D,20D,21D,23D,24D,25D,26D,27D,28D,29D,30D,31D,32D. The molecule has 0 radical (unpaired) electrons. The van der Waals surface area contributed by atoms with E-state index in [0.29, 0.717) is 10.8 Å². The molecular weight excluding hydrogens is 601 g/mol. The highest BCUT2D eigenvalue weighted by atomic mass is 14.2. The van der Waals surface area contributed by atoms with E-state index >= 15 is 0 Å². The Hall–Kier alpha value is -6.50. The van der Waals surface area contributed by atoms with E-state index < -0.39 is 228 Å². The van der Waals surface area contributed by atoms with Crippen LogP contribution in [0.1, 0.15) is 34.3 Å². The van der Waals surface area contributed by atoms with Crippen molar-refractivity contribution in [1.29, 1.82) is 0 Å². The van der Waals surface area contributed by atoms with Crippen molar-refractivity contribution in [2.75, 3.05) is 0 Å². The molecule has 0 N–H and O–H groups in total. The lowest BCUT2D eigenvalue weighted by Gasteiger charge is -2.19. The van der Waals surface area contributed by atoms with Gasteiger partial charge in [0, 0.05) is 0 Å². The van der Waals surface area contributed by atoms with E-state index in [-0.39, 0.29) is 11.1 Å². The van der Waals surface area contributed by atoms with Crippen molar-refractivity contribution in [1.82, 2.24) is 0 Å². The van der Waals surface area contributed by atoms with E-state index in [9.17, 15) is 19.2 Å². The van der Waals surface area contributed by atoms with E-state index in [4.69, 9.17) is 15.1 Å². The molecule has 10 aromatic rings. The first kappa shape index (κ1) is 13.1. The largest absolute Gasteiger partial charge is 0.0636 e. The lowest BCUT2D eigenvalue weighted by Crippen LogP contribution is -1.92. The van der Waals surface area contributed by atoms with Crippen LogP contribution in [0.4, 0.5) is 0 Å². The second kappa shape index (κ2) is 11.6. The van der Waals surface area contributed by atoms with E-state index in [1.165, 1.54) is 0 Å². The molecule has 10 aromatic carbocycles. The maximum absolute atomic E-state index is 10.2. The molecular formula is C50H32. The lowest BCUT2D eigenvalue weighted by molar-refractivity contribution is 1.63. The van der Waals surface area contributed by atoms with Crippen LogP contribution in [0.5, 0.6) is 0 Å². The Labute approximate surface area is 326 Å². The topological polar surface area (TPSA) is 0 Å². The molecule has 0 saturated carbocycles. The minimum absolute atomic E-state index is 0.203. The van der Waals surface area contributed by atoms with Crippen LogP contribution >= 0.6 is 0 Å². The van der Waals surface area contributed by atoms with Crippen LogP contribution in [0, 0.1) is 0 Å². The quantitative estimate of drug-likeness (QED) is 0.165. The molecule has 0 atom stereocenters. The summed E-state index contributed by atoms with van der Waals surface area (Å²) in [6.45, 7) is 0. The third-order valence-corrected chi connectivity index (χ3v) is 8.43. The van der Waals surface area contributed by atoms with Gasteiger partial charge in [0.2, 0.25) is 0 Å². The normalized spacial score (nSPS) is 18.6. The summed E-state index contributed by atoms with van der Waals surface area (Å²) in [5.74, 6) is 0. The number of rotatable bonds is 4. The SMILES string of the molecule is [2H]c1c([2H])c(-c2cccc3ccccc23)c([2H])c(-c2c3c([2H])c([2H])c([2H])c([2H])c3c(-c3c([2H])c([2H])c4c([2H])c([2H])c([2H])c([2H])c4c3[2H])c3c([2H])c([2H])c(-c4c([2H])c([2H])c5c([2H])c([2H])c([2H])c([2H])c5c4[2H])c([2H])c23)c1[2H]. The molecule has 0 aliphatic heterocycles. The lowest BCUT2D eigenvalue weighted by atomic mass is 9.84. The predicted octanol–water partition coefficient (Wildman–Crippen LogP) is 14.1. The fourth-order valence-electron chi connectivity index (χ4n) is 6.20. The first-order valence-corrected chi connectivity index (χ1v) is 15.3. The van der Waals surface area contributed by atoms with Gasteiger partial charge in [-0.1, -0.05) is 169 Å². The van der Waals surface area contributed by atoms with Gasteiger partial charge in [0.1, 0.15) is 0 Å². The molecule has 0 heteroatoms. The van der Waals surface area contributed by atoms with Gasteiger partial charge >= 0.3 is 0 Å². The van der Waals surface area contributed by atoms with Gasteiger partial charge in [-0.15, -0.1) is 0 Å². The van der Waals surface area contributed by atoms with E-state index in [2.05, 4.69) is 0 Å². The van der Waals surface area contributed by atoms with Crippen molar-refractivity contribution in [3.8, 4) is 44.5 Å². The van der Waals surface area contributed by atoms with Crippen molar-refractivity contribution in [3.05, 3.63) is 194 Å². The third-order valence-electron chi connectivity index (χ3n) is 8.43. The minimum Gasteiger partial charge on any atom is -0.0616 e. The highest BCUT2D eigenvalue weighted by molar-refractivity contribution is 6.22. The zero-order valence-electron chi connectivity index (χ0n) is 50.5. The van der Waals surface area contributed by atoms with Gasteiger partial charge in [-0.05, 0) is 123 Å². The molecule has 0 amide bonds. The molecule has 0 aliphatic carbocycles. The second-order valence-electron chi connectivity index (χ2n) is 11.3. The molecule has 50 heavy (non-hydrogen) atoms. The van der Waals surface area contributed by atoms with Crippen molar-refractivity contribution >= 4 is 53.9 Å². The number of hydrogen-bond donors (Lipinski definition) is 0. The molecule has 0 fully saturated rings. The molecule has 0 aliphatic rings. The first-order chi connectivity index (χ1) is 35.2. The summed E-state index contributed by atoms with van der Waals surface area (Å²) in [5, 5.41) is -4.10. The van der Waals surface area contributed by atoms with Crippen LogP contribution in [0.15, 0.2) is 194 Å². The summed E-state index contributed by atoms with van der Waals surface area (Å²) in [7, 11) is 0. The molecule has 0 unspecified atom stereocenters. The zero-order chi connectivity index (χ0) is 54.8. The molecule has 0 saturated heterocycles. The van der Waals surface area contributed by atoms with E-state index in [0.717, 1.165) is 0 Å². The Morgan fingerprint density at radius 2 is 0.820 bits per heavy atom. The molecule has 0 nitrogen and oxygen atoms in total. The smallest absolute Gasteiger partial charge is 0.0616 e. The van der Waals surface area contributed by atoms with Crippen molar-refractivity contribution in [2.24, 2.45) is 0 Å². The summed E-state index contributed by atoms with van der Waals surface area (Å²) in [6, 6.07) is -10.3. The predicted molar refractivity (Wildman–Crippen MR) is 216 cm³/mol. The Morgan fingerprint density at radius 3 is 1.60 bits per heavy atom. The Balaban J connectivity index is 1.56. The van der Waals surface area contributed by atoms with Crippen LogP contribution in [-0.2, 0) is 0 Å². The second-order valence-corrected chi connectivity index (χ2v) is 11.3. The van der Waals surface area contributed by atoms with E-state index in [1.807, 2.05) is 0 Å². The summed E-state index contributed by atoms with van der Waals surface area (Å²) in [5.41, 5.74) is -4.52. The molecule has 10 rings (SSSR count). The van der Waals surface area contributed by atoms with Gasteiger partial charge in [-0.25, -0.2) is 0 Å². The number of benzene rings is 10. The molecule has 0 bridgehead atoms. The van der Waals surface area contributed by atoms with Gasteiger partial charge in [0.05, 0.1) is 34.3 Å². The van der Waals surface area contributed by atoms with Gasteiger partial charge in [0.15, 0.2) is 0 Å². The fraction of sp³-hybridized carbons (Fsp3) is 0. The van der Waals surface area contributed by atoms with Crippen LogP contribution in [0.2, 0.25) is 0 Å². The molecule has 0 aromatic heterocycles. The summed E-state index contributed by atoms with van der Waals surface area (Å²) in [6.07, 6.45) is 0. The number of hydrogen-bond acceptors (Lipinski definition) is 0. The van der Waals surface area contributed by atoms with Crippen LogP contribution in [0.25, 0.3) is 98.4 Å². The average Bonchev–Trinajstić information content (AvgIpc) is 3.40. The summed E-state index contributed by atoms with van der Waals surface area (Å²) >= 11 is 0. The van der Waals surface area contributed by atoms with Gasteiger partial charge in [-0.2, -0.15) is 0 Å². The fourth-order valence-corrected chi connectivity index (χ4v) is 6.20.